The Morgan fingerprint density at radius 1 is 0.391 bits per heavy atom. The third-order valence-corrected chi connectivity index (χ3v) is 14.1. The Bertz CT molecular complexity index is 1120. The second-order valence-corrected chi connectivity index (χ2v) is 21.0. The van der Waals surface area contributed by atoms with Gasteiger partial charge in [-0.05, 0) is 83.5 Å². The second kappa shape index (κ2) is 58.6. The molecule has 3 N–H and O–H groups in total. The molecule has 0 radical (unpaired) electrons. The Hall–Kier alpha value is -1.92. The summed E-state index contributed by atoms with van der Waals surface area (Å²) in [5.41, 5.74) is 0. The number of rotatable bonds is 57. The first kappa shape index (κ1) is 67.1. The molecule has 6 nitrogen and oxygen atoms in total. The molecule has 0 saturated carbocycles. The number of hydrogen-bond acceptors (Lipinski definition) is 5. The highest BCUT2D eigenvalue weighted by Crippen LogP contribution is 2.17. The average Bonchev–Trinajstić information content (AvgIpc) is 3.35. The molecule has 1 amide bonds. The Labute approximate surface area is 430 Å². The molecule has 2 unspecified atom stereocenters. The van der Waals surface area contributed by atoms with Crippen molar-refractivity contribution in [3.05, 3.63) is 36.5 Å². The monoisotopic (exact) mass is 970 g/mol. The molecule has 0 aromatic rings. The molecule has 0 saturated heterocycles. The number of carbonyl (C=O) groups excluding carboxylic acids is 2. The molecule has 0 heterocycles. The average molecular weight is 971 g/mol. The standard InChI is InChI=1S/C63H119NO5/c1-3-5-7-9-11-13-15-17-19-21-23-25-29-33-37-41-45-49-53-57-63(68)69-58-54-50-46-42-38-34-30-26-28-32-36-40-44-48-52-56-62(67)64-60(59-65)61(66)55-51-47-43-39-35-31-27-24-22-20-18-16-14-12-10-8-6-4-2/h17,19,30,34,51,55,60-61,65-66H,3-16,18,20-29,31-33,35-50,52-54,56-59H2,1-2H3,(H,64,67)/b19-17-,34-30-,55-51+. The number of hydrogen-bond donors (Lipinski definition) is 3. The van der Waals surface area contributed by atoms with Gasteiger partial charge in [0.1, 0.15) is 0 Å². The largest absolute Gasteiger partial charge is 0.466 e. The van der Waals surface area contributed by atoms with Gasteiger partial charge in [-0.15, -0.1) is 0 Å². The topological polar surface area (TPSA) is 95.9 Å². The van der Waals surface area contributed by atoms with E-state index in [9.17, 15) is 19.8 Å². The third kappa shape index (κ3) is 55.2. The van der Waals surface area contributed by atoms with Crippen LogP contribution in [0.1, 0.15) is 328 Å². The van der Waals surface area contributed by atoms with Gasteiger partial charge in [-0.1, -0.05) is 269 Å². The second-order valence-electron chi connectivity index (χ2n) is 21.0. The summed E-state index contributed by atoms with van der Waals surface area (Å²) >= 11 is 0. The molecule has 0 aliphatic heterocycles. The number of nitrogens with one attached hydrogen (secondary N) is 1. The van der Waals surface area contributed by atoms with Crippen molar-refractivity contribution in [2.45, 2.75) is 341 Å². The van der Waals surface area contributed by atoms with Gasteiger partial charge in [0.05, 0.1) is 25.4 Å². The van der Waals surface area contributed by atoms with Crippen LogP contribution in [0.2, 0.25) is 0 Å². The van der Waals surface area contributed by atoms with Gasteiger partial charge < -0.3 is 20.3 Å². The molecule has 0 aliphatic rings. The Morgan fingerprint density at radius 2 is 0.681 bits per heavy atom. The lowest BCUT2D eigenvalue weighted by Gasteiger charge is -2.20. The number of allylic oxidation sites excluding steroid dienone is 5. The van der Waals surface area contributed by atoms with E-state index >= 15 is 0 Å². The first-order valence-corrected chi connectivity index (χ1v) is 30.8. The van der Waals surface area contributed by atoms with E-state index < -0.39 is 12.1 Å². The van der Waals surface area contributed by atoms with Gasteiger partial charge in [0.2, 0.25) is 5.91 Å². The lowest BCUT2D eigenvalue weighted by Crippen LogP contribution is -2.45. The zero-order chi connectivity index (χ0) is 50.0. The van der Waals surface area contributed by atoms with E-state index in [0.717, 1.165) is 70.6 Å². The summed E-state index contributed by atoms with van der Waals surface area (Å²) in [5, 5.41) is 23.2. The van der Waals surface area contributed by atoms with Gasteiger partial charge in [-0.3, -0.25) is 9.59 Å². The fourth-order valence-corrected chi connectivity index (χ4v) is 9.39. The minimum atomic E-state index is -0.855. The molecule has 2 atom stereocenters. The number of aliphatic hydroxyl groups excluding tert-OH is 2. The first-order chi connectivity index (χ1) is 34.0. The van der Waals surface area contributed by atoms with Crippen LogP contribution in [0.5, 0.6) is 0 Å². The van der Waals surface area contributed by atoms with E-state index in [2.05, 4.69) is 43.5 Å². The molecule has 0 rings (SSSR count). The summed E-state index contributed by atoms with van der Waals surface area (Å²) in [4.78, 5) is 24.6. The van der Waals surface area contributed by atoms with Crippen molar-refractivity contribution in [3.63, 3.8) is 0 Å². The Balaban J connectivity index is 3.48. The summed E-state index contributed by atoms with van der Waals surface area (Å²) in [7, 11) is 0. The SMILES string of the molecule is CCCCCCCC/C=C\CCCCCCCCCCCC(=O)OCCCCCC/C=C\CCCCCCCCCC(=O)NC(CO)C(O)/C=C/CCCCCCCCCCCCCCCCCC. The van der Waals surface area contributed by atoms with Crippen molar-refractivity contribution in [2.75, 3.05) is 13.2 Å². The van der Waals surface area contributed by atoms with E-state index in [0.29, 0.717) is 19.4 Å². The molecule has 0 fully saturated rings. The molecule has 0 aromatic heterocycles. The highest BCUT2D eigenvalue weighted by molar-refractivity contribution is 5.76. The summed E-state index contributed by atoms with van der Waals surface area (Å²) in [6, 6.07) is -0.640. The van der Waals surface area contributed by atoms with Crippen molar-refractivity contribution < 1.29 is 24.5 Å². The van der Waals surface area contributed by atoms with Gasteiger partial charge in [0.15, 0.2) is 0 Å². The lowest BCUT2D eigenvalue weighted by molar-refractivity contribution is -0.143. The van der Waals surface area contributed by atoms with E-state index in [1.165, 1.54) is 231 Å². The van der Waals surface area contributed by atoms with E-state index in [-0.39, 0.29) is 18.5 Å². The van der Waals surface area contributed by atoms with E-state index in [1.54, 1.807) is 6.08 Å². The van der Waals surface area contributed by atoms with Crippen molar-refractivity contribution in [1.82, 2.24) is 5.32 Å². The van der Waals surface area contributed by atoms with Crippen molar-refractivity contribution in [2.24, 2.45) is 0 Å². The Kier molecular flexibility index (Phi) is 57.0. The highest BCUT2D eigenvalue weighted by Gasteiger charge is 2.18. The molecule has 0 bridgehead atoms. The zero-order valence-corrected chi connectivity index (χ0v) is 46.3. The first-order valence-electron chi connectivity index (χ1n) is 30.8. The number of aliphatic hydroxyl groups is 2. The molecular weight excluding hydrogens is 851 g/mol. The lowest BCUT2D eigenvalue weighted by atomic mass is 10.0. The number of carbonyl (C=O) groups is 2. The van der Waals surface area contributed by atoms with Crippen LogP contribution < -0.4 is 5.32 Å². The fourth-order valence-electron chi connectivity index (χ4n) is 9.39. The van der Waals surface area contributed by atoms with E-state index in [1.807, 2.05) is 6.08 Å². The number of unbranched alkanes of at least 4 members (excludes halogenated alkanes) is 42. The van der Waals surface area contributed by atoms with Crippen LogP contribution in [0.3, 0.4) is 0 Å². The van der Waals surface area contributed by atoms with Crippen LogP contribution >= 0.6 is 0 Å². The fraction of sp³-hybridized carbons (Fsp3) is 0.873. The predicted molar refractivity (Wildman–Crippen MR) is 301 cm³/mol. The van der Waals surface area contributed by atoms with Crippen LogP contribution in [0.15, 0.2) is 36.5 Å². The number of esters is 1. The van der Waals surface area contributed by atoms with Crippen LogP contribution in [-0.4, -0.2) is 47.4 Å². The third-order valence-electron chi connectivity index (χ3n) is 14.1. The maximum Gasteiger partial charge on any atom is 0.305 e. The van der Waals surface area contributed by atoms with Gasteiger partial charge in [0.25, 0.3) is 0 Å². The van der Waals surface area contributed by atoms with Gasteiger partial charge >= 0.3 is 5.97 Å². The molecule has 406 valence electrons. The zero-order valence-electron chi connectivity index (χ0n) is 46.3. The minimum absolute atomic E-state index is 0.0114. The smallest absolute Gasteiger partial charge is 0.305 e. The van der Waals surface area contributed by atoms with Crippen LogP contribution in [-0.2, 0) is 14.3 Å². The maximum atomic E-state index is 12.5. The predicted octanol–water partition coefficient (Wildman–Crippen LogP) is 19.2. The molecule has 6 heteroatoms. The maximum absolute atomic E-state index is 12.5. The molecule has 0 aliphatic carbocycles. The van der Waals surface area contributed by atoms with Gasteiger partial charge in [-0.2, -0.15) is 0 Å². The molecular formula is C63H119NO5. The highest BCUT2D eigenvalue weighted by atomic mass is 16.5. The van der Waals surface area contributed by atoms with E-state index in [4.69, 9.17) is 4.74 Å². The van der Waals surface area contributed by atoms with Gasteiger partial charge in [0, 0.05) is 12.8 Å². The summed E-state index contributed by atoms with van der Waals surface area (Å²) in [6.07, 6.45) is 73.2. The molecule has 0 spiro atoms. The number of amides is 1. The van der Waals surface area contributed by atoms with Crippen molar-refractivity contribution >= 4 is 11.9 Å². The quantitative estimate of drug-likeness (QED) is 0.0321. The number of ether oxygens (including phenoxy) is 1. The summed E-state index contributed by atoms with van der Waals surface area (Å²) < 4.78 is 5.48. The normalized spacial score (nSPS) is 12.8. The summed E-state index contributed by atoms with van der Waals surface area (Å²) in [6.45, 7) is 4.88. The molecule has 0 aromatic carbocycles. The van der Waals surface area contributed by atoms with Crippen LogP contribution in [0, 0.1) is 0 Å². The summed E-state index contributed by atoms with van der Waals surface area (Å²) in [5.74, 6) is -0.0929. The van der Waals surface area contributed by atoms with Crippen molar-refractivity contribution in [3.8, 4) is 0 Å². The van der Waals surface area contributed by atoms with Crippen molar-refractivity contribution in [1.29, 1.82) is 0 Å². The molecule has 69 heavy (non-hydrogen) atoms. The van der Waals surface area contributed by atoms with Gasteiger partial charge in [-0.25, -0.2) is 0 Å². The minimum Gasteiger partial charge on any atom is -0.466 e. The van der Waals surface area contributed by atoms with Crippen LogP contribution in [0.4, 0.5) is 0 Å². The van der Waals surface area contributed by atoms with Crippen LogP contribution in [0.25, 0.3) is 0 Å². The Morgan fingerprint density at radius 3 is 1.03 bits per heavy atom.